The third-order valence-electron chi connectivity index (χ3n) is 2.53. The van der Waals surface area contributed by atoms with Crippen LogP contribution in [0.25, 0.3) is 0 Å². The van der Waals surface area contributed by atoms with Crippen molar-refractivity contribution in [1.82, 2.24) is 10.3 Å². The Bertz CT molecular complexity index is 198. The second-order valence-electron chi connectivity index (χ2n) is 4.60. The van der Waals surface area contributed by atoms with Gasteiger partial charge in [-0.15, -0.1) is 0 Å². The van der Waals surface area contributed by atoms with E-state index in [0.717, 1.165) is 39.0 Å². The third-order valence-corrected chi connectivity index (χ3v) is 2.53. The predicted molar refractivity (Wildman–Crippen MR) is 69.4 cm³/mol. The summed E-state index contributed by atoms with van der Waals surface area (Å²) in [5, 5.41) is 0. The minimum atomic E-state index is -0.0799. The lowest BCUT2D eigenvalue weighted by Gasteiger charge is -2.17. The van der Waals surface area contributed by atoms with E-state index in [0.29, 0.717) is 12.5 Å². The number of nitrogens with one attached hydrogen (secondary N) is 1. The van der Waals surface area contributed by atoms with Gasteiger partial charge in [0.15, 0.2) is 0 Å². The van der Waals surface area contributed by atoms with Gasteiger partial charge in [-0.2, -0.15) is 0 Å². The predicted octanol–water partition coefficient (Wildman–Crippen LogP) is 0.894. The Morgan fingerprint density at radius 2 is 2.00 bits per heavy atom. The number of hydrazine groups is 1. The van der Waals surface area contributed by atoms with Crippen molar-refractivity contribution in [1.29, 1.82) is 0 Å². The Morgan fingerprint density at radius 3 is 2.59 bits per heavy atom. The van der Waals surface area contributed by atoms with Gasteiger partial charge in [0.2, 0.25) is 5.91 Å². The smallest absolute Gasteiger partial charge is 0.233 e. The van der Waals surface area contributed by atoms with Crippen LogP contribution in [-0.4, -0.2) is 43.7 Å². The SMILES string of the molecule is CC(C)OCCN(C)CCCCCC(=O)NN. The van der Waals surface area contributed by atoms with Gasteiger partial charge in [-0.25, -0.2) is 5.84 Å². The number of carbonyl (C=O) groups is 1. The Hall–Kier alpha value is -0.650. The molecular weight excluding hydrogens is 218 g/mol. The maximum absolute atomic E-state index is 10.9. The summed E-state index contributed by atoms with van der Waals surface area (Å²) in [6, 6.07) is 0. The number of amides is 1. The van der Waals surface area contributed by atoms with E-state index in [1.807, 2.05) is 13.8 Å². The molecule has 0 aromatic rings. The summed E-state index contributed by atoms with van der Waals surface area (Å²) in [6.45, 7) is 6.88. The Morgan fingerprint density at radius 1 is 1.29 bits per heavy atom. The molecule has 0 aliphatic heterocycles. The summed E-state index contributed by atoms with van der Waals surface area (Å²) in [6.07, 6.45) is 3.90. The summed E-state index contributed by atoms with van der Waals surface area (Å²) < 4.78 is 5.48. The molecule has 0 radical (unpaired) electrons. The summed E-state index contributed by atoms with van der Waals surface area (Å²) in [7, 11) is 2.09. The zero-order valence-electron chi connectivity index (χ0n) is 11.4. The molecule has 0 spiro atoms. The first-order valence-electron chi connectivity index (χ1n) is 6.36. The maximum Gasteiger partial charge on any atom is 0.233 e. The van der Waals surface area contributed by atoms with Gasteiger partial charge in [-0.3, -0.25) is 10.2 Å². The maximum atomic E-state index is 10.9. The molecule has 0 aromatic heterocycles. The fraction of sp³-hybridized carbons (Fsp3) is 0.917. The Labute approximate surface area is 105 Å². The first-order valence-corrected chi connectivity index (χ1v) is 6.36. The molecular formula is C12H27N3O2. The highest BCUT2D eigenvalue weighted by atomic mass is 16.5. The van der Waals surface area contributed by atoms with Crippen LogP contribution in [0, 0.1) is 0 Å². The standard InChI is InChI=1S/C12H27N3O2/c1-11(2)17-10-9-15(3)8-6-4-5-7-12(16)14-13/h11H,4-10,13H2,1-3H3,(H,14,16). The number of hydrogen-bond acceptors (Lipinski definition) is 4. The van der Waals surface area contributed by atoms with E-state index >= 15 is 0 Å². The number of unbranched alkanes of at least 4 members (excludes halogenated alkanes) is 2. The monoisotopic (exact) mass is 245 g/mol. The van der Waals surface area contributed by atoms with Crippen molar-refractivity contribution in [3.8, 4) is 0 Å². The zero-order chi connectivity index (χ0) is 13.1. The number of nitrogens with two attached hydrogens (primary N) is 1. The number of carbonyl (C=O) groups excluding carboxylic acids is 1. The van der Waals surface area contributed by atoms with E-state index < -0.39 is 0 Å². The molecule has 1 amide bonds. The highest BCUT2D eigenvalue weighted by Gasteiger charge is 2.01. The average molecular weight is 245 g/mol. The van der Waals surface area contributed by atoms with Gasteiger partial charge >= 0.3 is 0 Å². The molecule has 0 fully saturated rings. The van der Waals surface area contributed by atoms with Gasteiger partial charge in [0.05, 0.1) is 12.7 Å². The van der Waals surface area contributed by atoms with E-state index in [-0.39, 0.29) is 5.91 Å². The molecule has 0 rings (SSSR count). The molecule has 3 N–H and O–H groups in total. The van der Waals surface area contributed by atoms with Crippen molar-refractivity contribution in [3.63, 3.8) is 0 Å². The van der Waals surface area contributed by atoms with Crippen LogP contribution in [0.4, 0.5) is 0 Å². The van der Waals surface area contributed by atoms with E-state index in [1.165, 1.54) is 0 Å². The quantitative estimate of drug-likeness (QED) is 0.260. The zero-order valence-corrected chi connectivity index (χ0v) is 11.4. The fourth-order valence-electron chi connectivity index (χ4n) is 1.47. The molecule has 0 aromatic carbocycles. The molecule has 0 saturated heterocycles. The number of ether oxygens (including phenoxy) is 1. The van der Waals surface area contributed by atoms with Crippen molar-refractivity contribution in [2.45, 2.75) is 45.6 Å². The van der Waals surface area contributed by atoms with Gasteiger partial charge in [0.25, 0.3) is 0 Å². The topological polar surface area (TPSA) is 67.6 Å². The molecule has 5 heteroatoms. The summed E-state index contributed by atoms with van der Waals surface area (Å²) in [4.78, 5) is 13.1. The molecule has 0 aliphatic carbocycles. The minimum Gasteiger partial charge on any atom is -0.377 e. The fourth-order valence-corrected chi connectivity index (χ4v) is 1.47. The second-order valence-corrected chi connectivity index (χ2v) is 4.60. The van der Waals surface area contributed by atoms with E-state index in [2.05, 4.69) is 17.4 Å². The molecule has 0 atom stereocenters. The van der Waals surface area contributed by atoms with Gasteiger partial charge < -0.3 is 9.64 Å². The molecule has 0 bridgehead atoms. The van der Waals surface area contributed by atoms with Crippen LogP contribution < -0.4 is 11.3 Å². The lowest BCUT2D eigenvalue weighted by molar-refractivity contribution is -0.121. The van der Waals surface area contributed by atoms with Crippen LogP contribution in [0.5, 0.6) is 0 Å². The summed E-state index contributed by atoms with van der Waals surface area (Å²) >= 11 is 0. The van der Waals surface area contributed by atoms with Crippen LogP contribution >= 0.6 is 0 Å². The number of likely N-dealkylation sites (N-methyl/N-ethyl adjacent to an activating group) is 1. The molecule has 102 valence electrons. The van der Waals surface area contributed by atoms with Crippen molar-refractivity contribution < 1.29 is 9.53 Å². The van der Waals surface area contributed by atoms with Crippen LogP contribution in [0.3, 0.4) is 0 Å². The number of hydrogen-bond donors (Lipinski definition) is 2. The van der Waals surface area contributed by atoms with E-state index in [4.69, 9.17) is 10.6 Å². The van der Waals surface area contributed by atoms with Gasteiger partial charge in [0, 0.05) is 13.0 Å². The molecule has 17 heavy (non-hydrogen) atoms. The summed E-state index contributed by atoms with van der Waals surface area (Å²) in [5.41, 5.74) is 2.14. The van der Waals surface area contributed by atoms with Crippen molar-refractivity contribution >= 4 is 5.91 Å². The summed E-state index contributed by atoms with van der Waals surface area (Å²) in [5.74, 6) is 4.91. The average Bonchev–Trinajstić information content (AvgIpc) is 2.27. The van der Waals surface area contributed by atoms with Gasteiger partial charge in [-0.1, -0.05) is 6.42 Å². The molecule has 0 aliphatic rings. The number of nitrogens with zero attached hydrogens (tertiary/aromatic N) is 1. The first kappa shape index (κ1) is 16.4. The van der Waals surface area contributed by atoms with Crippen molar-refractivity contribution in [3.05, 3.63) is 0 Å². The highest BCUT2D eigenvalue weighted by Crippen LogP contribution is 2.01. The largest absolute Gasteiger partial charge is 0.377 e. The van der Waals surface area contributed by atoms with Crippen LogP contribution in [-0.2, 0) is 9.53 Å². The van der Waals surface area contributed by atoms with Crippen LogP contribution in [0.15, 0.2) is 0 Å². The molecule has 0 saturated carbocycles. The first-order chi connectivity index (χ1) is 8.06. The van der Waals surface area contributed by atoms with Crippen LogP contribution in [0.1, 0.15) is 39.5 Å². The Kier molecular flexibility index (Phi) is 10.1. The van der Waals surface area contributed by atoms with Crippen LogP contribution in [0.2, 0.25) is 0 Å². The minimum absolute atomic E-state index is 0.0799. The third kappa shape index (κ3) is 11.6. The van der Waals surface area contributed by atoms with Gasteiger partial charge in [-0.05, 0) is 40.3 Å². The number of rotatable bonds is 10. The lowest BCUT2D eigenvalue weighted by atomic mass is 10.2. The normalized spacial score (nSPS) is 11.2. The van der Waals surface area contributed by atoms with Crippen molar-refractivity contribution in [2.75, 3.05) is 26.7 Å². The molecule has 0 unspecified atom stereocenters. The van der Waals surface area contributed by atoms with Crippen molar-refractivity contribution in [2.24, 2.45) is 5.84 Å². The highest BCUT2D eigenvalue weighted by molar-refractivity contribution is 5.74. The van der Waals surface area contributed by atoms with E-state index in [1.54, 1.807) is 0 Å². The lowest BCUT2D eigenvalue weighted by Crippen LogP contribution is -2.29. The molecule has 5 nitrogen and oxygen atoms in total. The van der Waals surface area contributed by atoms with E-state index in [9.17, 15) is 4.79 Å². The molecule has 0 heterocycles. The van der Waals surface area contributed by atoms with Gasteiger partial charge in [0.1, 0.15) is 0 Å². The Balaban J connectivity index is 3.27. The second kappa shape index (κ2) is 10.5.